The zero-order chi connectivity index (χ0) is 63.2. The molecular weight excluding hydrogens is 1190 g/mol. The fourth-order valence-electron chi connectivity index (χ4n) is 12.6. The lowest BCUT2D eigenvalue weighted by Gasteiger charge is -2.41. The van der Waals surface area contributed by atoms with Gasteiger partial charge in [-0.1, -0.05) is 49.2 Å². The molecule has 0 unspecified atom stereocenters. The summed E-state index contributed by atoms with van der Waals surface area (Å²) in [6.45, 7) is 20.9. The average Bonchev–Trinajstić information content (AvgIpc) is 0.876. The number of amides is 1. The van der Waals surface area contributed by atoms with E-state index < -0.39 is 11.9 Å². The van der Waals surface area contributed by atoms with Gasteiger partial charge in [0.2, 0.25) is 12.5 Å². The molecule has 5 N–H and O–H groups in total. The van der Waals surface area contributed by atoms with Crippen LogP contribution in [0.15, 0.2) is 79.4 Å². The minimum atomic E-state index is -1.05. The molecule has 5 aromatic rings. The van der Waals surface area contributed by atoms with E-state index in [2.05, 4.69) is 41.7 Å². The van der Waals surface area contributed by atoms with E-state index in [1.807, 2.05) is 30.3 Å². The van der Waals surface area contributed by atoms with E-state index in [-0.39, 0.29) is 53.4 Å². The number of halogens is 1. The number of likely N-dealkylation sites (tertiary alicyclic amines) is 1. The number of rotatable bonds is 21. The number of carbonyl (C=O) groups excluding carboxylic acids is 1. The van der Waals surface area contributed by atoms with Crippen LogP contribution in [0.25, 0.3) is 15.6 Å². The Hall–Kier alpha value is -7.23. The molecular formula is C67H85ClN10O11S. The number of fused-ring (bicyclic) bond motifs is 2. The van der Waals surface area contributed by atoms with Crippen LogP contribution in [0.3, 0.4) is 0 Å². The van der Waals surface area contributed by atoms with Crippen LogP contribution in [0.2, 0.25) is 5.02 Å². The first-order valence-electron chi connectivity index (χ1n) is 31.7. The predicted octanol–water partition coefficient (Wildman–Crippen LogP) is 9.51. The number of pyridine rings is 1. The molecule has 21 nitrogen and oxygen atoms in total. The Morgan fingerprint density at radius 2 is 1.51 bits per heavy atom. The van der Waals surface area contributed by atoms with Gasteiger partial charge in [-0.15, -0.1) is 0 Å². The van der Waals surface area contributed by atoms with E-state index >= 15 is 0 Å². The highest BCUT2D eigenvalue weighted by molar-refractivity contribution is 7.80. The maximum atomic E-state index is 12.9. The zero-order valence-electron chi connectivity index (χ0n) is 51.3. The number of phenolic OH excluding ortho intramolecular Hbond substituents is 1. The number of carbonyl (C=O) groups is 3. The second kappa shape index (κ2) is 34.3. The van der Waals surface area contributed by atoms with Crippen LogP contribution in [0.1, 0.15) is 108 Å². The van der Waals surface area contributed by atoms with E-state index in [9.17, 15) is 29.7 Å². The quantitative estimate of drug-likeness (QED) is 0.0199. The Morgan fingerprint density at radius 1 is 0.789 bits per heavy atom. The Kier molecular flexibility index (Phi) is 25.6. The van der Waals surface area contributed by atoms with Crippen LogP contribution in [-0.4, -0.2) is 187 Å². The third-order valence-electron chi connectivity index (χ3n) is 17.3. The summed E-state index contributed by atoms with van der Waals surface area (Å²) in [6.07, 6.45) is 12.3. The number of hydrogen-bond acceptors (Lipinski definition) is 16. The number of aromatic nitrogens is 3. The molecule has 6 heterocycles. The smallest absolute Gasteiger partial charge is 0.354 e. The largest absolute Gasteiger partial charge is 0.508 e. The van der Waals surface area contributed by atoms with Crippen molar-refractivity contribution < 1.29 is 53.4 Å². The summed E-state index contributed by atoms with van der Waals surface area (Å²) >= 11 is 12.5. The van der Waals surface area contributed by atoms with Crippen LogP contribution in [0, 0.1) is 18.4 Å². The number of aromatic carboxylic acids is 2. The molecule has 4 aliphatic rings. The van der Waals surface area contributed by atoms with Crippen molar-refractivity contribution in [2.45, 2.75) is 102 Å². The second-order valence-electron chi connectivity index (χ2n) is 23.6. The number of anilines is 3. The van der Waals surface area contributed by atoms with Crippen LogP contribution >= 0.6 is 23.8 Å². The van der Waals surface area contributed by atoms with Crippen LogP contribution < -0.4 is 25.2 Å². The Morgan fingerprint density at radius 3 is 2.22 bits per heavy atom. The van der Waals surface area contributed by atoms with Crippen molar-refractivity contribution in [3.8, 4) is 11.8 Å². The third-order valence-corrected chi connectivity index (χ3v) is 17.9. The number of carboxylic acid groups (broad SMARTS) is 2. The Bertz CT molecular complexity index is 3280. The molecule has 0 spiro atoms. The minimum Gasteiger partial charge on any atom is -0.508 e. The molecule has 23 heteroatoms. The van der Waals surface area contributed by atoms with Crippen molar-refractivity contribution >= 4 is 74.7 Å². The molecule has 482 valence electrons. The highest BCUT2D eigenvalue weighted by Gasteiger charge is 2.36. The van der Waals surface area contributed by atoms with Gasteiger partial charge >= 0.3 is 17.9 Å². The first kappa shape index (κ1) is 67.2. The Balaban J connectivity index is 0.727. The van der Waals surface area contributed by atoms with Crippen molar-refractivity contribution in [1.29, 1.82) is 0 Å². The van der Waals surface area contributed by atoms with E-state index in [0.29, 0.717) is 140 Å². The minimum absolute atomic E-state index is 0.0342. The van der Waals surface area contributed by atoms with Gasteiger partial charge in [0.05, 0.1) is 54.9 Å². The first-order chi connectivity index (χ1) is 43.8. The summed E-state index contributed by atoms with van der Waals surface area (Å²) in [7, 11) is 0. The van der Waals surface area contributed by atoms with Gasteiger partial charge in [0.1, 0.15) is 29.9 Å². The standard InChI is InChI=1S/C67H85ClN10O11S/c1-3-61(80)78-26-25-77(43-54(78)42-69-2)63-56-16-24-76(60-41-55(79)40-49-11-8-14-57(68)62(49)60)44-59(56)73-66(74-63)89-45-53-13-10-23-75(53)22-7-5-4-6-21-70-67(90)72-52-38-48(36-50(39-52)64(81)82)35-46-17-27-85-31-33-87-29-19-47(20-30-88-34-32-86-28-18-46)37-51-12-9-15-58(71-51)65(83)84/h3,8-9,11-12,14-15,36,38-41,46-47,53-54,79H,1,4-7,10,13,16-35,37,42-45H2,(H,81,82)(H,83,84)(H2,70,72,90)/t46?,47?,53-,54-/m0/s1. The number of carboxylic acids is 2. The molecule has 3 saturated heterocycles. The number of nitrogens with zero attached hydrogens (tertiary/aromatic N) is 8. The van der Waals surface area contributed by atoms with Gasteiger partial charge in [-0.05, 0) is 167 Å². The van der Waals surface area contributed by atoms with Crippen molar-refractivity contribution in [3.63, 3.8) is 0 Å². The predicted molar refractivity (Wildman–Crippen MR) is 350 cm³/mol. The van der Waals surface area contributed by atoms with Gasteiger partial charge in [0.15, 0.2) is 5.11 Å². The van der Waals surface area contributed by atoms with Gasteiger partial charge < -0.3 is 69.2 Å². The summed E-state index contributed by atoms with van der Waals surface area (Å²) in [5.41, 5.74) is 5.08. The molecule has 4 aliphatic heterocycles. The molecule has 0 saturated carbocycles. The van der Waals surface area contributed by atoms with Crippen molar-refractivity contribution in [1.82, 2.24) is 30.1 Å². The fourth-order valence-corrected chi connectivity index (χ4v) is 13.1. The number of piperazine rings is 1. The zero-order valence-corrected chi connectivity index (χ0v) is 52.9. The number of thiocarbonyl (C=S) groups is 1. The lowest BCUT2D eigenvalue weighted by molar-refractivity contribution is -0.128. The van der Waals surface area contributed by atoms with Crippen LogP contribution in [0.5, 0.6) is 11.8 Å². The number of aromatic hydroxyl groups is 1. The number of nitrogens with one attached hydrogen (secondary N) is 2. The monoisotopic (exact) mass is 1270 g/mol. The van der Waals surface area contributed by atoms with E-state index in [1.165, 1.54) is 12.1 Å². The summed E-state index contributed by atoms with van der Waals surface area (Å²) < 4.78 is 30.5. The number of ether oxygens (including phenoxy) is 5. The van der Waals surface area contributed by atoms with Gasteiger partial charge in [-0.2, -0.15) is 9.97 Å². The summed E-state index contributed by atoms with van der Waals surface area (Å²) in [6, 6.07) is 19.7. The topological polar surface area (TPSA) is 238 Å². The van der Waals surface area contributed by atoms with Crippen LogP contribution in [0.4, 0.5) is 17.2 Å². The first-order valence-corrected chi connectivity index (χ1v) is 32.5. The third kappa shape index (κ3) is 19.4. The van der Waals surface area contributed by atoms with E-state index in [0.717, 1.165) is 122 Å². The average molecular weight is 1270 g/mol. The van der Waals surface area contributed by atoms with E-state index in [4.69, 9.17) is 64.0 Å². The number of hydrogen-bond donors (Lipinski definition) is 5. The highest BCUT2D eigenvalue weighted by atomic mass is 35.5. The normalized spacial score (nSPS) is 20.1. The molecule has 1 amide bonds. The van der Waals surface area contributed by atoms with Gasteiger partial charge in [0.25, 0.3) is 0 Å². The molecule has 3 fully saturated rings. The molecule has 0 aliphatic carbocycles. The lowest BCUT2D eigenvalue weighted by atomic mass is 9.92. The van der Waals surface area contributed by atoms with Crippen molar-refractivity contribution in [3.05, 3.63) is 130 Å². The Labute approximate surface area is 537 Å². The molecule has 2 atom stereocenters. The summed E-state index contributed by atoms with van der Waals surface area (Å²) in [5.74, 6) is -0.975. The van der Waals surface area contributed by atoms with Crippen molar-refractivity contribution in [2.24, 2.45) is 11.8 Å². The molecule has 0 radical (unpaired) electrons. The second-order valence-corrected chi connectivity index (χ2v) is 24.4. The summed E-state index contributed by atoms with van der Waals surface area (Å²) in [4.78, 5) is 63.5. The maximum Gasteiger partial charge on any atom is 0.354 e. The van der Waals surface area contributed by atoms with Crippen LogP contribution in [-0.2, 0) is 49.5 Å². The van der Waals surface area contributed by atoms with E-state index in [1.54, 1.807) is 35.2 Å². The highest BCUT2D eigenvalue weighted by Crippen LogP contribution is 2.40. The maximum absolute atomic E-state index is 12.9. The number of benzene rings is 3. The summed E-state index contributed by atoms with van der Waals surface area (Å²) in [5, 5.41) is 39.6. The molecule has 9 rings (SSSR count). The fraction of sp³-hybridized carbons (Fsp3) is 0.522. The van der Waals surface area contributed by atoms with Crippen molar-refractivity contribution in [2.75, 3.05) is 127 Å². The number of phenols is 1. The molecule has 90 heavy (non-hydrogen) atoms. The van der Waals surface area contributed by atoms with Gasteiger partial charge in [-0.3, -0.25) is 9.69 Å². The molecule has 2 aromatic heterocycles. The number of unbranched alkanes of at least 4 members (excludes halogenated alkanes) is 3. The molecule has 0 bridgehead atoms. The molecule has 3 aromatic carbocycles. The van der Waals surface area contributed by atoms with Gasteiger partial charge in [0, 0.05) is 93.6 Å². The lowest BCUT2D eigenvalue weighted by Crippen LogP contribution is -2.56. The SMILES string of the molecule is [C-]#[N+]C[C@H]1CN(c2nc(OC[C@@H]3CCCN3CCCCCCNC(=S)Nc3cc(CC4CCOCCOCCC(Cc5cccc(C(=O)O)n5)CCOCCOCC4)cc(C(=O)O)c3)nc3c2CCN(c2cc(O)cc4cccc(Cl)c24)C3)CCN1C(=O)C=C. The van der Waals surface area contributed by atoms with Gasteiger partial charge in [-0.25, -0.2) is 21.1 Å².